The zero-order valence-electron chi connectivity index (χ0n) is 17.4. The number of fused-ring (bicyclic) bond motifs is 1. The number of carbonyl (C=O) groups excluding carboxylic acids is 1. The molecule has 1 aromatic heterocycles. The standard InChI is InChI=1S/C23H17BrCl2N2O4S/c1-3-32-22(31)18-11(2)27-23-28(19(18)14-6-4-5-7-15(14)25)21(30)17(33-23)9-12-8-13(24)10-16(26)20(12)29/h4-10,19,29H,3H2,1-2H3/b17-9+. The van der Waals surface area contributed by atoms with Crippen molar-refractivity contribution in [1.29, 1.82) is 0 Å². The molecule has 170 valence electrons. The van der Waals surface area contributed by atoms with E-state index in [1.54, 1.807) is 56.3 Å². The zero-order chi connectivity index (χ0) is 23.9. The van der Waals surface area contributed by atoms with Crippen LogP contribution in [0.1, 0.15) is 31.0 Å². The average molecular weight is 568 g/mol. The molecule has 0 aliphatic carbocycles. The first kappa shape index (κ1) is 23.8. The maximum Gasteiger partial charge on any atom is 0.338 e. The molecule has 2 aromatic carbocycles. The lowest BCUT2D eigenvalue weighted by Gasteiger charge is -2.25. The number of halogens is 3. The van der Waals surface area contributed by atoms with Gasteiger partial charge in [-0.1, -0.05) is 68.7 Å². The lowest BCUT2D eigenvalue weighted by molar-refractivity contribution is -0.139. The van der Waals surface area contributed by atoms with Gasteiger partial charge in [-0.15, -0.1) is 0 Å². The summed E-state index contributed by atoms with van der Waals surface area (Å²) in [6.07, 6.45) is 1.54. The van der Waals surface area contributed by atoms with E-state index in [-0.39, 0.29) is 28.5 Å². The lowest BCUT2D eigenvalue weighted by Crippen LogP contribution is -2.40. The molecular formula is C23H17BrCl2N2O4S. The minimum absolute atomic E-state index is 0.142. The number of nitrogens with zero attached hydrogens (tertiary/aromatic N) is 2. The summed E-state index contributed by atoms with van der Waals surface area (Å²) >= 11 is 17.0. The maximum absolute atomic E-state index is 13.6. The van der Waals surface area contributed by atoms with Gasteiger partial charge in [0.25, 0.3) is 5.56 Å². The van der Waals surface area contributed by atoms with Crippen LogP contribution in [0.4, 0.5) is 0 Å². The van der Waals surface area contributed by atoms with Crippen molar-refractivity contribution in [2.24, 2.45) is 4.99 Å². The second-order valence-corrected chi connectivity index (χ2v) is 9.89. The fourth-order valence-electron chi connectivity index (χ4n) is 3.62. The monoisotopic (exact) mass is 566 g/mol. The molecule has 1 unspecified atom stereocenters. The van der Waals surface area contributed by atoms with Gasteiger partial charge in [0, 0.05) is 15.1 Å². The Morgan fingerprint density at radius 3 is 2.73 bits per heavy atom. The Balaban J connectivity index is 2.01. The number of esters is 1. The Morgan fingerprint density at radius 1 is 1.30 bits per heavy atom. The lowest BCUT2D eigenvalue weighted by atomic mass is 9.96. The number of thiazole rings is 1. The van der Waals surface area contributed by atoms with Crippen LogP contribution in [0.2, 0.25) is 10.0 Å². The van der Waals surface area contributed by atoms with E-state index in [1.807, 2.05) is 0 Å². The van der Waals surface area contributed by atoms with Crippen molar-refractivity contribution in [3.05, 3.63) is 93.0 Å². The zero-order valence-corrected chi connectivity index (χ0v) is 21.3. The van der Waals surface area contributed by atoms with E-state index in [1.165, 1.54) is 4.57 Å². The number of phenolic OH excluding ortho intramolecular Hbond substituents is 1. The second kappa shape index (κ2) is 9.46. The first-order valence-electron chi connectivity index (χ1n) is 9.85. The quantitative estimate of drug-likeness (QED) is 0.468. The van der Waals surface area contributed by atoms with Crippen molar-refractivity contribution >= 4 is 62.5 Å². The van der Waals surface area contributed by atoms with Gasteiger partial charge in [0.2, 0.25) is 0 Å². The largest absolute Gasteiger partial charge is 0.506 e. The van der Waals surface area contributed by atoms with Gasteiger partial charge in [-0.3, -0.25) is 9.36 Å². The smallest absolute Gasteiger partial charge is 0.338 e. The molecule has 10 heteroatoms. The topological polar surface area (TPSA) is 80.9 Å². The van der Waals surface area contributed by atoms with E-state index in [0.29, 0.717) is 35.7 Å². The van der Waals surface area contributed by atoms with Crippen molar-refractivity contribution in [2.75, 3.05) is 6.61 Å². The second-order valence-electron chi connectivity index (χ2n) is 7.15. The Bertz CT molecular complexity index is 1490. The molecule has 0 saturated carbocycles. The molecule has 1 atom stereocenters. The average Bonchev–Trinajstić information content (AvgIpc) is 3.06. The number of hydrogen-bond acceptors (Lipinski definition) is 6. The van der Waals surface area contributed by atoms with Gasteiger partial charge in [-0.25, -0.2) is 9.79 Å². The minimum Gasteiger partial charge on any atom is -0.506 e. The molecule has 1 aliphatic heterocycles. The molecule has 3 aromatic rings. The van der Waals surface area contributed by atoms with E-state index < -0.39 is 12.0 Å². The van der Waals surface area contributed by atoms with E-state index in [4.69, 9.17) is 27.9 Å². The molecule has 0 radical (unpaired) electrons. The molecule has 1 aliphatic rings. The van der Waals surface area contributed by atoms with E-state index in [0.717, 1.165) is 11.3 Å². The molecule has 4 rings (SSSR count). The van der Waals surface area contributed by atoms with Crippen molar-refractivity contribution in [2.45, 2.75) is 19.9 Å². The van der Waals surface area contributed by atoms with Crippen molar-refractivity contribution in [3.8, 4) is 5.75 Å². The molecule has 2 heterocycles. The van der Waals surface area contributed by atoms with Crippen LogP contribution in [0.15, 0.2) is 61.9 Å². The van der Waals surface area contributed by atoms with E-state index >= 15 is 0 Å². The molecule has 0 saturated heterocycles. The SMILES string of the molecule is CCOC(=O)C1=C(C)N=c2s/c(=C/c3cc(Br)cc(Cl)c3O)c(=O)n2C1c1ccccc1Cl. The van der Waals surface area contributed by atoms with Gasteiger partial charge in [0.15, 0.2) is 4.80 Å². The number of aromatic hydroxyl groups is 1. The molecule has 0 fully saturated rings. The summed E-state index contributed by atoms with van der Waals surface area (Å²) < 4.78 is 7.67. The van der Waals surface area contributed by atoms with Crippen LogP contribution in [0.3, 0.4) is 0 Å². The van der Waals surface area contributed by atoms with Gasteiger partial charge in [0.05, 0.1) is 27.4 Å². The Hall–Kier alpha value is -2.39. The predicted octanol–water partition coefficient (Wildman–Crippen LogP) is 4.57. The number of rotatable bonds is 4. The Labute approximate surface area is 211 Å². The summed E-state index contributed by atoms with van der Waals surface area (Å²) in [4.78, 5) is 31.4. The maximum atomic E-state index is 13.6. The van der Waals surface area contributed by atoms with Crippen LogP contribution in [-0.4, -0.2) is 22.2 Å². The van der Waals surface area contributed by atoms with E-state index in [2.05, 4.69) is 20.9 Å². The van der Waals surface area contributed by atoms with Gasteiger partial charge >= 0.3 is 5.97 Å². The molecule has 33 heavy (non-hydrogen) atoms. The number of ether oxygens (including phenoxy) is 1. The van der Waals surface area contributed by atoms with Crippen LogP contribution < -0.4 is 14.9 Å². The number of phenols is 1. The summed E-state index contributed by atoms with van der Waals surface area (Å²) in [5.74, 6) is -0.703. The molecule has 0 bridgehead atoms. The molecule has 6 nitrogen and oxygen atoms in total. The highest BCUT2D eigenvalue weighted by atomic mass is 79.9. The van der Waals surface area contributed by atoms with Crippen molar-refractivity contribution in [3.63, 3.8) is 0 Å². The highest BCUT2D eigenvalue weighted by molar-refractivity contribution is 9.10. The summed E-state index contributed by atoms with van der Waals surface area (Å²) in [5, 5.41) is 10.9. The number of benzene rings is 2. The minimum atomic E-state index is -0.809. The summed E-state index contributed by atoms with van der Waals surface area (Å²) in [7, 11) is 0. The van der Waals surface area contributed by atoms with Crippen LogP contribution in [0, 0.1) is 0 Å². The van der Waals surface area contributed by atoms with Gasteiger partial charge < -0.3 is 9.84 Å². The van der Waals surface area contributed by atoms with Crippen LogP contribution >= 0.6 is 50.5 Å². The summed E-state index contributed by atoms with van der Waals surface area (Å²) in [6, 6.07) is 9.43. The first-order chi connectivity index (χ1) is 15.7. The van der Waals surface area contributed by atoms with Crippen LogP contribution in [0.5, 0.6) is 5.75 Å². The number of allylic oxidation sites excluding steroid dienone is 1. The van der Waals surface area contributed by atoms with Crippen LogP contribution in [0.25, 0.3) is 6.08 Å². The first-order valence-corrected chi connectivity index (χ1v) is 12.2. The fraction of sp³-hybridized carbons (Fsp3) is 0.174. The summed E-state index contributed by atoms with van der Waals surface area (Å²) in [5.41, 5.74) is 1.26. The van der Waals surface area contributed by atoms with Crippen molar-refractivity contribution in [1.82, 2.24) is 4.57 Å². The normalized spacial score (nSPS) is 15.9. The third-order valence-electron chi connectivity index (χ3n) is 5.06. The number of hydrogen-bond donors (Lipinski definition) is 1. The highest BCUT2D eigenvalue weighted by Gasteiger charge is 2.34. The molecular weight excluding hydrogens is 551 g/mol. The number of aromatic nitrogens is 1. The Morgan fingerprint density at radius 2 is 2.03 bits per heavy atom. The molecule has 1 N–H and O–H groups in total. The predicted molar refractivity (Wildman–Crippen MR) is 133 cm³/mol. The molecule has 0 amide bonds. The summed E-state index contributed by atoms with van der Waals surface area (Å²) in [6.45, 7) is 3.59. The van der Waals surface area contributed by atoms with Crippen molar-refractivity contribution < 1.29 is 14.6 Å². The van der Waals surface area contributed by atoms with Crippen LogP contribution in [-0.2, 0) is 9.53 Å². The molecule has 0 spiro atoms. The van der Waals surface area contributed by atoms with E-state index in [9.17, 15) is 14.7 Å². The Kier molecular flexibility index (Phi) is 6.81. The van der Waals surface area contributed by atoms with Gasteiger partial charge in [0.1, 0.15) is 11.8 Å². The third-order valence-corrected chi connectivity index (χ3v) is 7.13. The third kappa shape index (κ3) is 4.40. The fourth-order valence-corrected chi connectivity index (χ4v) is 5.73. The number of carbonyl (C=O) groups is 1. The van der Waals surface area contributed by atoms with Gasteiger partial charge in [-0.05, 0) is 43.7 Å². The van der Waals surface area contributed by atoms with Gasteiger partial charge in [-0.2, -0.15) is 0 Å². The highest BCUT2D eigenvalue weighted by Crippen LogP contribution is 2.35.